The van der Waals surface area contributed by atoms with Gasteiger partial charge in [-0.3, -0.25) is 14.9 Å². The van der Waals surface area contributed by atoms with Crippen molar-refractivity contribution in [3.8, 4) is 5.75 Å². The standard InChI is InChI=1S/C17H14N2O4/c1-11-14(6-4-7-15(11)19(21)22)18-17(20)13-9-12-5-2-3-8-16(12)23-10-13/h2-9H,10H2,1H3,(H,18,20). The highest BCUT2D eigenvalue weighted by Gasteiger charge is 2.19. The number of nitro groups is 1. The van der Waals surface area contributed by atoms with Crippen molar-refractivity contribution in [2.45, 2.75) is 6.92 Å². The van der Waals surface area contributed by atoms with Crippen molar-refractivity contribution in [1.29, 1.82) is 0 Å². The largest absolute Gasteiger partial charge is 0.488 e. The summed E-state index contributed by atoms with van der Waals surface area (Å²) in [6.45, 7) is 1.77. The lowest BCUT2D eigenvalue weighted by atomic mass is 10.1. The first-order valence-electron chi connectivity index (χ1n) is 7.04. The summed E-state index contributed by atoms with van der Waals surface area (Å²) in [5, 5.41) is 13.7. The van der Waals surface area contributed by atoms with E-state index in [0.29, 0.717) is 16.8 Å². The highest BCUT2D eigenvalue weighted by Crippen LogP contribution is 2.28. The van der Waals surface area contributed by atoms with Gasteiger partial charge in [-0.15, -0.1) is 0 Å². The van der Waals surface area contributed by atoms with Gasteiger partial charge in [0.05, 0.1) is 21.7 Å². The van der Waals surface area contributed by atoms with Crippen LogP contribution in [0.25, 0.3) is 6.08 Å². The van der Waals surface area contributed by atoms with Crippen LogP contribution in [0.3, 0.4) is 0 Å². The predicted octanol–water partition coefficient (Wildman–Crippen LogP) is 3.32. The molecule has 23 heavy (non-hydrogen) atoms. The molecule has 2 aromatic carbocycles. The third kappa shape index (κ3) is 2.91. The fraction of sp³-hybridized carbons (Fsp3) is 0.118. The molecule has 1 amide bonds. The van der Waals surface area contributed by atoms with Crippen LogP contribution >= 0.6 is 0 Å². The van der Waals surface area contributed by atoms with Crippen molar-refractivity contribution in [1.82, 2.24) is 0 Å². The van der Waals surface area contributed by atoms with Gasteiger partial charge in [-0.05, 0) is 25.1 Å². The molecule has 1 N–H and O–H groups in total. The summed E-state index contributed by atoms with van der Waals surface area (Å²) in [6, 6.07) is 12.0. The zero-order chi connectivity index (χ0) is 16.4. The first-order chi connectivity index (χ1) is 11.1. The molecule has 0 unspecified atom stereocenters. The summed E-state index contributed by atoms with van der Waals surface area (Å²) in [5.41, 5.74) is 2.11. The predicted molar refractivity (Wildman–Crippen MR) is 86.4 cm³/mol. The molecule has 0 aromatic heterocycles. The maximum Gasteiger partial charge on any atom is 0.274 e. The third-order valence-corrected chi connectivity index (χ3v) is 3.67. The molecule has 0 spiro atoms. The van der Waals surface area contributed by atoms with E-state index in [9.17, 15) is 14.9 Å². The molecule has 0 fully saturated rings. The normalized spacial score (nSPS) is 12.7. The molecule has 116 valence electrons. The molecule has 6 heteroatoms. The minimum atomic E-state index is -0.468. The van der Waals surface area contributed by atoms with E-state index in [1.165, 1.54) is 6.07 Å². The summed E-state index contributed by atoms with van der Waals surface area (Å²) in [4.78, 5) is 22.9. The lowest BCUT2D eigenvalue weighted by Gasteiger charge is -2.17. The van der Waals surface area contributed by atoms with E-state index in [4.69, 9.17) is 4.74 Å². The van der Waals surface area contributed by atoms with E-state index in [0.717, 1.165) is 11.3 Å². The van der Waals surface area contributed by atoms with Crippen LogP contribution in [0.2, 0.25) is 0 Å². The van der Waals surface area contributed by atoms with Gasteiger partial charge in [0, 0.05) is 11.6 Å². The maximum absolute atomic E-state index is 12.4. The molecule has 0 saturated carbocycles. The molecule has 0 bridgehead atoms. The molecule has 1 heterocycles. The Balaban J connectivity index is 1.85. The van der Waals surface area contributed by atoms with E-state index >= 15 is 0 Å². The monoisotopic (exact) mass is 310 g/mol. The number of fused-ring (bicyclic) bond motifs is 1. The van der Waals surface area contributed by atoms with E-state index in [1.54, 1.807) is 25.1 Å². The lowest BCUT2D eigenvalue weighted by Crippen LogP contribution is -2.21. The van der Waals surface area contributed by atoms with E-state index in [-0.39, 0.29) is 18.2 Å². The number of amides is 1. The van der Waals surface area contributed by atoms with Crippen LogP contribution in [0.1, 0.15) is 11.1 Å². The summed E-state index contributed by atoms with van der Waals surface area (Å²) in [7, 11) is 0. The summed E-state index contributed by atoms with van der Waals surface area (Å²) in [5.74, 6) is 0.402. The molecule has 3 rings (SSSR count). The first kappa shape index (κ1) is 14.8. The van der Waals surface area contributed by atoms with Crippen molar-refractivity contribution < 1.29 is 14.5 Å². The van der Waals surface area contributed by atoms with E-state index in [2.05, 4.69) is 5.32 Å². The number of carbonyl (C=O) groups is 1. The number of para-hydroxylation sites is 1. The van der Waals surface area contributed by atoms with Crippen LogP contribution in [0.4, 0.5) is 11.4 Å². The quantitative estimate of drug-likeness (QED) is 0.696. The Hall–Kier alpha value is -3.15. The highest BCUT2D eigenvalue weighted by molar-refractivity contribution is 6.08. The molecule has 6 nitrogen and oxygen atoms in total. The van der Waals surface area contributed by atoms with Gasteiger partial charge in [-0.1, -0.05) is 24.3 Å². The molecule has 0 aliphatic carbocycles. The molecule has 0 atom stereocenters. The third-order valence-electron chi connectivity index (χ3n) is 3.67. The van der Waals surface area contributed by atoms with Crippen molar-refractivity contribution in [3.63, 3.8) is 0 Å². The fourth-order valence-electron chi connectivity index (χ4n) is 2.41. The van der Waals surface area contributed by atoms with Crippen LogP contribution in [0.15, 0.2) is 48.0 Å². The van der Waals surface area contributed by atoms with E-state index < -0.39 is 4.92 Å². The second kappa shape index (κ2) is 5.92. The average Bonchev–Trinajstić information content (AvgIpc) is 2.56. The Morgan fingerprint density at radius 2 is 2.00 bits per heavy atom. The van der Waals surface area contributed by atoms with Crippen molar-refractivity contribution >= 4 is 23.4 Å². The number of ether oxygens (including phenoxy) is 1. The maximum atomic E-state index is 12.4. The SMILES string of the molecule is Cc1c(NC(=O)C2=Cc3ccccc3OC2)cccc1[N+](=O)[O-]. The number of anilines is 1. The first-order valence-corrected chi connectivity index (χ1v) is 7.04. The van der Waals surface area contributed by atoms with Gasteiger partial charge in [-0.2, -0.15) is 0 Å². The molecular formula is C17H14N2O4. The molecule has 2 aromatic rings. The van der Waals surface area contributed by atoms with Gasteiger partial charge in [-0.25, -0.2) is 0 Å². The Bertz CT molecular complexity index is 827. The second-order valence-corrected chi connectivity index (χ2v) is 5.16. The van der Waals surface area contributed by atoms with Crippen molar-refractivity contribution in [2.24, 2.45) is 0 Å². The van der Waals surface area contributed by atoms with Crippen molar-refractivity contribution in [2.75, 3.05) is 11.9 Å². The number of rotatable bonds is 3. The van der Waals surface area contributed by atoms with Gasteiger partial charge in [0.15, 0.2) is 0 Å². The number of nitrogens with one attached hydrogen (secondary N) is 1. The lowest BCUT2D eigenvalue weighted by molar-refractivity contribution is -0.385. The molecule has 0 saturated heterocycles. The second-order valence-electron chi connectivity index (χ2n) is 5.16. The number of nitro benzene ring substituents is 1. The summed E-state index contributed by atoms with van der Waals surface area (Å²) < 4.78 is 5.55. The number of benzene rings is 2. The topological polar surface area (TPSA) is 81.5 Å². The van der Waals surface area contributed by atoms with Crippen LogP contribution in [-0.4, -0.2) is 17.4 Å². The van der Waals surface area contributed by atoms with Gasteiger partial charge in [0.25, 0.3) is 11.6 Å². The molecule has 1 aliphatic rings. The number of carbonyl (C=O) groups excluding carboxylic acids is 1. The summed E-state index contributed by atoms with van der Waals surface area (Å²) in [6.07, 6.45) is 1.76. The van der Waals surface area contributed by atoms with Gasteiger partial charge in [0.1, 0.15) is 12.4 Å². The Kier molecular flexibility index (Phi) is 3.80. The number of hydrogen-bond donors (Lipinski definition) is 1. The number of nitrogens with zero attached hydrogens (tertiary/aromatic N) is 1. The Morgan fingerprint density at radius 3 is 2.78 bits per heavy atom. The number of hydrogen-bond acceptors (Lipinski definition) is 4. The van der Waals surface area contributed by atoms with Gasteiger partial charge in [0.2, 0.25) is 0 Å². The molecular weight excluding hydrogens is 296 g/mol. The Morgan fingerprint density at radius 1 is 1.22 bits per heavy atom. The fourth-order valence-corrected chi connectivity index (χ4v) is 2.41. The van der Waals surface area contributed by atoms with Crippen LogP contribution < -0.4 is 10.1 Å². The zero-order valence-electron chi connectivity index (χ0n) is 12.4. The van der Waals surface area contributed by atoms with Gasteiger partial charge < -0.3 is 10.1 Å². The van der Waals surface area contributed by atoms with Crippen molar-refractivity contribution in [3.05, 3.63) is 69.3 Å². The molecule has 0 radical (unpaired) electrons. The van der Waals surface area contributed by atoms with Crippen LogP contribution in [0, 0.1) is 17.0 Å². The average molecular weight is 310 g/mol. The van der Waals surface area contributed by atoms with Gasteiger partial charge >= 0.3 is 0 Å². The van der Waals surface area contributed by atoms with Crippen LogP contribution in [-0.2, 0) is 4.79 Å². The van der Waals surface area contributed by atoms with Crippen LogP contribution in [0.5, 0.6) is 5.75 Å². The minimum Gasteiger partial charge on any atom is -0.488 e. The zero-order valence-corrected chi connectivity index (χ0v) is 12.4. The summed E-state index contributed by atoms with van der Waals surface area (Å²) >= 11 is 0. The smallest absolute Gasteiger partial charge is 0.274 e. The Labute approximate surface area is 132 Å². The molecule has 1 aliphatic heterocycles. The van der Waals surface area contributed by atoms with E-state index in [1.807, 2.05) is 24.3 Å². The highest BCUT2D eigenvalue weighted by atomic mass is 16.6. The minimum absolute atomic E-state index is 0.0259.